The van der Waals surface area contributed by atoms with E-state index in [1.165, 1.54) is 18.5 Å². The number of aromatic amines is 1. The third-order valence-corrected chi connectivity index (χ3v) is 4.62. The molecule has 1 aromatic carbocycles. The molecule has 0 unspecified atom stereocenters. The van der Waals surface area contributed by atoms with Crippen LogP contribution in [0.25, 0.3) is 0 Å². The lowest BCUT2D eigenvalue weighted by Crippen LogP contribution is -2.40. The van der Waals surface area contributed by atoms with Crippen LogP contribution in [0.4, 0.5) is 11.5 Å². The fourth-order valence-corrected chi connectivity index (χ4v) is 3.06. The minimum atomic E-state index is -0.730. The Balaban J connectivity index is 2.34. The minimum absolute atomic E-state index is 0.0566. The fraction of sp³-hybridized carbons (Fsp3) is 0.400. The number of carbonyl (C=O) groups excluding carboxylic acids is 2. The zero-order valence-corrected chi connectivity index (χ0v) is 16.9. The van der Waals surface area contributed by atoms with Gasteiger partial charge in [0.05, 0.1) is 12.5 Å². The number of H-pyrrole nitrogens is 1. The number of carbonyl (C=O) groups is 2. The van der Waals surface area contributed by atoms with Gasteiger partial charge in [0, 0.05) is 20.5 Å². The number of hydrogen-bond acceptors (Lipinski definition) is 5. The molecule has 0 saturated heterocycles. The van der Waals surface area contributed by atoms with Crippen LogP contribution in [0.3, 0.4) is 0 Å². The summed E-state index contributed by atoms with van der Waals surface area (Å²) in [5.41, 5.74) is 5.41. The van der Waals surface area contributed by atoms with Gasteiger partial charge in [-0.1, -0.05) is 43.7 Å². The van der Waals surface area contributed by atoms with Crippen molar-refractivity contribution in [2.75, 3.05) is 17.7 Å². The summed E-state index contributed by atoms with van der Waals surface area (Å²) in [4.78, 5) is 52.3. The molecule has 9 nitrogen and oxygen atoms in total. The summed E-state index contributed by atoms with van der Waals surface area (Å²) >= 11 is 0. The first kappa shape index (κ1) is 21.9. The summed E-state index contributed by atoms with van der Waals surface area (Å²) < 4.78 is 1.26. The van der Waals surface area contributed by atoms with Crippen LogP contribution in [0.1, 0.15) is 44.7 Å². The van der Waals surface area contributed by atoms with Gasteiger partial charge in [-0.05, 0) is 12.0 Å². The summed E-state index contributed by atoms with van der Waals surface area (Å²) in [6.45, 7) is 3.68. The van der Waals surface area contributed by atoms with E-state index in [4.69, 9.17) is 5.73 Å². The number of unbranched alkanes of at least 4 members (excludes halogenated alkanes) is 1. The Labute approximate surface area is 168 Å². The van der Waals surface area contributed by atoms with Gasteiger partial charge in [-0.15, -0.1) is 0 Å². The summed E-state index contributed by atoms with van der Waals surface area (Å²) in [5, 5.41) is 2.75. The summed E-state index contributed by atoms with van der Waals surface area (Å²) in [5.74, 6) is -0.760. The van der Waals surface area contributed by atoms with E-state index in [1.54, 1.807) is 12.1 Å². The van der Waals surface area contributed by atoms with Gasteiger partial charge in [-0.3, -0.25) is 23.9 Å². The van der Waals surface area contributed by atoms with Crippen molar-refractivity contribution >= 4 is 23.3 Å². The maximum absolute atomic E-state index is 12.9. The van der Waals surface area contributed by atoms with Crippen LogP contribution in [0.15, 0.2) is 39.9 Å². The molecule has 0 bridgehead atoms. The second-order valence-electron chi connectivity index (χ2n) is 6.82. The SMILES string of the molecule is CCCCn1c(N)c(N(C)C(=O)C[C@@H](NC(C)=O)c2ccccc2)c(=O)[nH]c1=O. The highest BCUT2D eigenvalue weighted by molar-refractivity contribution is 5.95. The number of anilines is 2. The van der Waals surface area contributed by atoms with Gasteiger partial charge >= 0.3 is 5.69 Å². The maximum atomic E-state index is 12.9. The number of amides is 2. The van der Waals surface area contributed by atoms with Crippen molar-refractivity contribution in [1.82, 2.24) is 14.9 Å². The third-order valence-electron chi connectivity index (χ3n) is 4.62. The molecule has 9 heteroatoms. The molecule has 0 aliphatic heterocycles. The predicted octanol–water partition coefficient (Wildman–Crippen LogP) is 1.15. The predicted molar refractivity (Wildman–Crippen MR) is 112 cm³/mol. The van der Waals surface area contributed by atoms with Crippen LogP contribution in [0.2, 0.25) is 0 Å². The average Bonchev–Trinajstić information content (AvgIpc) is 2.67. The highest BCUT2D eigenvalue weighted by Crippen LogP contribution is 2.21. The van der Waals surface area contributed by atoms with E-state index in [-0.39, 0.29) is 23.8 Å². The quantitative estimate of drug-likeness (QED) is 0.611. The van der Waals surface area contributed by atoms with Crippen molar-refractivity contribution < 1.29 is 9.59 Å². The Morgan fingerprint density at radius 3 is 2.48 bits per heavy atom. The molecular formula is C20H27N5O4. The molecular weight excluding hydrogens is 374 g/mol. The number of benzene rings is 1. The van der Waals surface area contributed by atoms with E-state index in [2.05, 4.69) is 10.3 Å². The molecule has 0 aliphatic rings. The van der Waals surface area contributed by atoms with Gasteiger partial charge in [0.25, 0.3) is 5.56 Å². The topological polar surface area (TPSA) is 130 Å². The summed E-state index contributed by atoms with van der Waals surface area (Å²) in [7, 11) is 1.42. The van der Waals surface area contributed by atoms with Crippen molar-refractivity contribution in [3.05, 3.63) is 56.7 Å². The van der Waals surface area contributed by atoms with E-state index < -0.39 is 23.2 Å². The van der Waals surface area contributed by atoms with E-state index in [1.807, 2.05) is 25.1 Å². The van der Waals surface area contributed by atoms with Crippen LogP contribution >= 0.6 is 0 Å². The van der Waals surface area contributed by atoms with Crippen LogP contribution in [0.5, 0.6) is 0 Å². The Morgan fingerprint density at radius 1 is 1.24 bits per heavy atom. The summed E-state index contributed by atoms with van der Waals surface area (Å²) in [6, 6.07) is 8.51. The van der Waals surface area contributed by atoms with Crippen molar-refractivity contribution in [3.8, 4) is 0 Å². The van der Waals surface area contributed by atoms with Crippen molar-refractivity contribution in [2.45, 2.75) is 45.7 Å². The van der Waals surface area contributed by atoms with E-state index in [9.17, 15) is 19.2 Å². The van der Waals surface area contributed by atoms with Crippen LogP contribution in [-0.2, 0) is 16.1 Å². The van der Waals surface area contributed by atoms with Crippen molar-refractivity contribution in [2.24, 2.45) is 0 Å². The molecule has 4 N–H and O–H groups in total. The second kappa shape index (κ2) is 9.72. The van der Waals surface area contributed by atoms with Gasteiger partial charge < -0.3 is 16.0 Å². The molecule has 2 amide bonds. The zero-order chi connectivity index (χ0) is 21.6. The van der Waals surface area contributed by atoms with E-state index >= 15 is 0 Å². The number of nitrogens with two attached hydrogens (primary N) is 1. The van der Waals surface area contributed by atoms with Crippen LogP contribution in [0, 0.1) is 0 Å². The van der Waals surface area contributed by atoms with Crippen LogP contribution in [-0.4, -0.2) is 28.4 Å². The smallest absolute Gasteiger partial charge is 0.330 e. The number of nitrogen functional groups attached to an aromatic ring is 1. The molecule has 1 atom stereocenters. The van der Waals surface area contributed by atoms with Crippen molar-refractivity contribution in [3.63, 3.8) is 0 Å². The third kappa shape index (κ3) is 5.34. The Hall–Kier alpha value is -3.36. The Bertz CT molecular complexity index is 981. The Kier molecular flexibility index (Phi) is 7.35. The van der Waals surface area contributed by atoms with Gasteiger partial charge in [0.1, 0.15) is 5.82 Å². The molecule has 0 spiro atoms. The largest absolute Gasteiger partial charge is 0.383 e. The highest BCUT2D eigenvalue weighted by Gasteiger charge is 2.24. The molecule has 1 aromatic heterocycles. The standard InChI is InChI=1S/C20H27N5O4/c1-4-5-11-25-18(21)17(19(28)23-20(25)29)24(3)16(27)12-15(22-13(2)26)14-9-7-6-8-10-14/h6-10,15H,4-5,11-12,21H2,1-3H3,(H,22,26)(H,23,28,29)/t15-/m1/s1. The minimum Gasteiger partial charge on any atom is -0.383 e. The lowest BCUT2D eigenvalue weighted by Gasteiger charge is -2.24. The van der Waals surface area contributed by atoms with Crippen LogP contribution < -0.4 is 27.2 Å². The van der Waals surface area contributed by atoms with E-state index in [0.717, 1.165) is 16.9 Å². The molecule has 0 saturated carbocycles. The maximum Gasteiger partial charge on any atom is 0.330 e. The first-order chi connectivity index (χ1) is 13.8. The molecule has 0 aliphatic carbocycles. The number of nitrogens with zero attached hydrogens (tertiary/aromatic N) is 2. The number of aromatic nitrogens is 2. The molecule has 0 fully saturated rings. The second-order valence-corrected chi connectivity index (χ2v) is 6.82. The average molecular weight is 401 g/mol. The number of hydrogen-bond donors (Lipinski definition) is 3. The molecule has 156 valence electrons. The highest BCUT2D eigenvalue weighted by atomic mass is 16.2. The molecule has 29 heavy (non-hydrogen) atoms. The van der Waals surface area contributed by atoms with Gasteiger partial charge in [0.2, 0.25) is 11.8 Å². The lowest BCUT2D eigenvalue weighted by molar-refractivity contribution is -0.121. The van der Waals surface area contributed by atoms with Gasteiger partial charge in [-0.2, -0.15) is 0 Å². The Morgan fingerprint density at radius 2 is 1.90 bits per heavy atom. The van der Waals surface area contributed by atoms with Gasteiger partial charge in [-0.25, -0.2) is 4.79 Å². The molecule has 2 rings (SSSR count). The molecule has 0 radical (unpaired) electrons. The normalized spacial score (nSPS) is 11.7. The first-order valence-corrected chi connectivity index (χ1v) is 9.47. The molecule has 2 aromatic rings. The fourth-order valence-electron chi connectivity index (χ4n) is 3.06. The molecule has 1 heterocycles. The van der Waals surface area contributed by atoms with E-state index in [0.29, 0.717) is 13.0 Å². The zero-order valence-electron chi connectivity index (χ0n) is 16.9. The number of nitrogens with one attached hydrogen (secondary N) is 2. The van der Waals surface area contributed by atoms with Gasteiger partial charge in [0.15, 0.2) is 5.69 Å². The summed E-state index contributed by atoms with van der Waals surface area (Å²) in [6.07, 6.45) is 1.46. The lowest BCUT2D eigenvalue weighted by atomic mass is 10.0. The first-order valence-electron chi connectivity index (χ1n) is 9.47. The number of rotatable bonds is 8. The monoisotopic (exact) mass is 401 g/mol. The van der Waals surface area contributed by atoms with Crippen molar-refractivity contribution in [1.29, 1.82) is 0 Å².